The fourth-order valence-electron chi connectivity index (χ4n) is 15.8. The number of furan rings is 3. The summed E-state index contributed by atoms with van der Waals surface area (Å²) in [5.74, 6) is -0.860. The molecule has 0 saturated heterocycles. The second-order valence-electron chi connectivity index (χ2n) is 33.9. The number of halogens is 12. The number of hydrogen-bond acceptors (Lipinski definition) is 16. The number of anilines is 5. The second kappa shape index (κ2) is 42.1. The van der Waals surface area contributed by atoms with Crippen molar-refractivity contribution in [1.29, 1.82) is 0 Å². The number of carbonyl (C=O) groups is 5. The monoisotopic (exact) mass is 1990 g/mol. The van der Waals surface area contributed by atoms with E-state index in [-0.39, 0.29) is 29.5 Å². The molecule has 14 heterocycles. The van der Waals surface area contributed by atoms with E-state index in [0.717, 1.165) is 113 Å². The van der Waals surface area contributed by atoms with Crippen molar-refractivity contribution in [1.82, 2.24) is 52.9 Å². The predicted molar refractivity (Wildman–Crippen MR) is 521 cm³/mol. The fourth-order valence-corrected chi connectivity index (χ4v) is 16.5. The zero-order chi connectivity index (χ0) is 102. The molecule has 734 valence electrons. The molecule has 0 atom stereocenters. The van der Waals surface area contributed by atoms with E-state index >= 15 is 0 Å². The summed E-state index contributed by atoms with van der Waals surface area (Å²) in [5, 5.41) is 22.6. The molecule has 0 bridgehead atoms. The largest absolute Gasteiger partial charge is 0.472 e. The van der Waals surface area contributed by atoms with Gasteiger partial charge in [-0.3, -0.25) is 43.9 Å². The van der Waals surface area contributed by atoms with Crippen LogP contribution in [0.25, 0.3) is 54.5 Å². The van der Waals surface area contributed by atoms with Gasteiger partial charge in [0.25, 0.3) is 29.5 Å². The molecule has 0 aliphatic rings. The maximum Gasteiger partial charge on any atom is 0.433 e. The Balaban J connectivity index is 0.000000129. The van der Waals surface area contributed by atoms with Gasteiger partial charge >= 0.3 is 24.7 Å². The van der Waals surface area contributed by atoms with E-state index in [1.54, 1.807) is 69.3 Å². The van der Waals surface area contributed by atoms with Gasteiger partial charge in [0.05, 0.1) is 108 Å². The number of hydrogen-bond donors (Lipinski definition) is 5. The molecule has 0 unspecified atom stereocenters. The van der Waals surface area contributed by atoms with Crippen LogP contribution in [0, 0.1) is 55.4 Å². The first-order valence-electron chi connectivity index (χ1n) is 44.2. The van der Waals surface area contributed by atoms with Crippen molar-refractivity contribution in [3.63, 3.8) is 0 Å². The molecule has 38 heteroatoms. The van der Waals surface area contributed by atoms with E-state index < -0.39 is 47.5 Å². The molecule has 0 aliphatic carbocycles. The zero-order valence-electron chi connectivity index (χ0n) is 77.7. The summed E-state index contributed by atoms with van der Waals surface area (Å²) in [4.78, 5) is 81.3. The number of pyridine rings is 4. The lowest BCUT2D eigenvalue weighted by Crippen LogP contribution is -2.12. The Kier molecular flexibility index (Phi) is 29.2. The average Bonchev–Trinajstić information content (AvgIpc) is 1.64. The summed E-state index contributed by atoms with van der Waals surface area (Å²) in [5.41, 5.74) is 17.4. The molecule has 14 aromatic heterocycles. The van der Waals surface area contributed by atoms with Crippen molar-refractivity contribution in [3.8, 4) is 0 Å². The van der Waals surface area contributed by atoms with Gasteiger partial charge in [0.1, 0.15) is 57.8 Å². The Morgan fingerprint density at radius 2 is 0.646 bits per heavy atom. The van der Waals surface area contributed by atoms with E-state index in [1.165, 1.54) is 109 Å². The summed E-state index contributed by atoms with van der Waals surface area (Å²) < 4.78 is 182. The first-order valence-corrected chi connectivity index (χ1v) is 45.1. The van der Waals surface area contributed by atoms with Crippen molar-refractivity contribution >= 4 is 124 Å². The van der Waals surface area contributed by atoms with Crippen molar-refractivity contribution in [2.75, 3.05) is 26.6 Å². The number of aryl methyl sites for hydroxylation is 8. The highest BCUT2D eigenvalue weighted by molar-refractivity contribution is 7.12. The number of nitrogens with one attached hydrogen (secondary N) is 5. The Morgan fingerprint density at radius 1 is 0.319 bits per heavy atom. The third kappa shape index (κ3) is 23.8. The molecule has 0 spiro atoms. The van der Waals surface area contributed by atoms with Crippen LogP contribution in [0.2, 0.25) is 0 Å². The van der Waals surface area contributed by atoms with Crippen LogP contribution in [-0.2, 0) is 57.4 Å². The zero-order valence-corrected chi connectivity index (χ0v) is 78.5. The van der Waals surface area contributed by atoms with Gasteiger partial charge < -0.3 is 67.2 Å². The van der Waals surface area contributed by atoms with Crippen LogP contribution in [-0.4, -0.2) is 82.4 Å². The van der Waals surface area contributed by atoms with E-state index in [9.17, 15) is 76.7 Å². The van der Waals surface area contributed by atoms with Gasteiger partial charge in [-0.05, 0) is 180 Å². The van der Waals surface area contributed by atoms with Gasteiger partial charge in [-0.25, -0.2) is 4.98 Å². The molecular weight excluding hydrogens is 1900 g/mol. The van der Waals surface area contributed by atoms with Gasteiger partial charge in [0.2, 0.25) is 0 Å². The van der Waals surface area contributed by atoms with Crippen LogP contribution in [0.3, 0.4) is 0 Å². The Bertz CT molecular complexity index is 7570. The van der Waals surface area contributed by atoms with Crippen LogP contribution in [0.4, 0.5) is 81.1 Å². The van der Waals surface area contributed by atoms with Gasteiger partial charge in [0, 0.05) is 115 Å². The molecular formula is C106H86F12N16O9S. The van der Waals surface area contributed by atoms with E-state index in [4.69, 9.17) is 17.8 Å². The first kappa shape index (κ1) is 99.8. The predicted octanol–water partition coefficient (Wildman–Crippen LogP) is 26.1. The summed E-state index contributed by atoms with van der Waals surface area (Å²) >= 11 is 1.27. The standard InChI is InChI=1S/C22H18F3N3O2.C21H17F3N4O2.C21H17F3N4OS.C21H16F3N3O2.C21H18N2O2/c1-13-3-5-19-17(9-13)18(27-21(29)16-7-8-30-14(16)2)12-28(19)11-15-4-6-20(26-10-15)22(23,24)25;1-12-3-5-18-15(7-12)17(26-20(29)16-11-30-27-13(16)2)10-28(18)9-14-4-6-19(25-8-14)21(22,23)24;1-12-3-5-17-15(7-12)16(27-20(29)19-13(2)26-11-30-19)10-28(17)9-14-4-6-18(25-8-14)21(22,23)24;1-13-2-4-18-16(8-13)17(26-20(28)15-6-7-29-12-15)11-27(18)10-14-3-5-19(25-9-14)21(22,23)24;1-15-6-8-16(9-7-15)12-23-13-19(18-4-2-3-5-20(18)23)22-21(24)17-10-11-25-14-17/h3-10,12H,11H2,1-2H3,(H,27,29);3-8,10-11H,9H2,1-2H3,(H,26,29);3-8,10-11H,9H2,1-2H3,(H,27,29);2-9,11-12H,10H2,1H3,(H,26,28);2-11,13-14H,12H2,1H3,(H,22,24). The van der Waals surface area contributed by atoms with E-state index in [1.807, 2.05) is 143 Å². The van der Waals surface area contributed by atoms with Gasteiger partial charge in [-0.1, -0.05) is 124 Å². The summed E-state index contributed by atoms with van der Waals surface area (Å²) in [6.07, 6.45) is 4.49. The summed E-state index contributed by atoms with van der Waals surface area (Å²) in [6.45, 7) is 17.0. The van der Waals surface area contributed by atoms with Crippen LogP contribution >= 0.6 is 11.3 Å². The maximum atomic E-state index is 12.8. The third-order valence-electron chi connectivity index (χ3n) is 23.1. The molecule has 5 amide bonds. The van der Waals surface area contributed by atoms with Crippen LogP contribution < -0.4 is 26.6 Å². The minimum Gasteiger partial charge on any atom is -0.472 e. The third-order valence-corrected chi connectivity index (χ3v) is 24.1. The van der Waals surface area contributed by atoms with Crippen LogP contribution in [0.1, 0.15) is 147 Å². The lowest BCUT2D eigenvalue weighted by atomic mass is 10.1. The highest BCUT2D eigenvalue weighted by Gasteiger charge is 2.36. The molecule has 0 saturated carbocycles. The lowest BCUT2D eigenvalue weighted by molar-refractivity contribution is -0.142. The quantitative estimate of drug-likeness (QED) is 0.0443. The molecule has 20 rings (SSSR count). The number of rotatable bonds is 20. The lowest BCUT2D eigenvalue weighted by Gasteiger charge is -2.08. The SMILES string of the molecule is Cc1ccc(Cn2cc(NC(=O)c3ccoc3)c3ccccc32)cc1.Cc1ccc2c(c1)c(NC(=O)c1ccoc1)cn2Cc1ccc(C(F)(F)F)nc1.Cc1ccc2c(c1)c(NC(=O)c1ccoc1C)cn2Cc1ccc(C(F)(F)F)nc1.Cc1ccc2c(c1)c(NC(=O)c1conc1C)cn2Cc1ccc(C(F)(F)F)nc1.Cc1ccc2c(c1)c(NC(=O)c1scnc1C)cn2Cc1ccc(C(F)(F)F)nc1. The molecule has 0 aliphatic heterocycles. The molecule has 20 aromatic rings. The Morgan fingerprint density at radius 3 is 0.958 bits per heavy atom. The number of carbonyl (C=O) groups excluding carboxylic acids is 5. The minimum absolute atomic E-state index is 0.174. The maximum absolute atomic E-state index is 12.8. The van der Waals surface area contributed by atoms with Crippen molar-refractivity contribution in [2.45, 2.75) is 113 Å². The van der Waals surface area contributed by atoms with Crippen molar-refractivity contribution < 1.29 is 94.4 Å². The fraction of sp³-hybridized carbons (Fsp3) is 0.160. The first-order chi connectivity index (χ1) is 68.7. The number of nitrogens with zero attached hydrogens (tertiary/aromatic N) is 11. The molecule has 0 radical (unpaired) electrons. The average molecular weight is 1990 g/mol. The highest BCUT2D eigenvalue weighted by atomic mass is 32.1. The van der Waals surface area contributed by atoms with Crippen molar-refractivity contribution in [3.05, 3.63) is 410 Å². The molecule has 6 aromatic carbocycles. The number of benzene rings is 6. The molecule has 25 nitrogen and oxygen atoms in total. The van der Waals surface area contributed by atoms with E-state index in [2.05, 4.69) is 98.5 Å². The molecule has 0 fully saturated rings. The normalized spacial score (nSPS) is 11.6. The number of para-hydroxylation sites is 1. The number of alkyl halides is 12. The topological polar surface area (TPSA) is 300 Å². The van der Waals surface area contributed by atoms with Crippen molar-refractivity contribution in [2.24, 2.45) is 0 Å². The number of aromatic nitrogens is 11. The highest BCUT2D eigenvalue weighted by Crippen LogP contribution is 2.38. The molecule has 5 N–H and O–H groups in total. The van der Waals surface area contributed by atoms with Gasteiger partial charge in [0.15, 0.2) is 0 Å². The van der Waals surface area contributed by atoms with Gasteiger partial charge in [-0.2, -0.15) is 52.7 Å². The number of thiazole rings is 1. The van der Waals surface area contributed by atoms with Crippen LogP contribution in [0.5, 0.6) is 0 Å². The summed E-state index contributed by atoms with van der Waals surface area (Å²) in [7, 11) is 0. The molecule has 144 heavy (non-hydrogen) atoms. The number of fused-ring (bicyclic) bond motifs is 5. The van der Waals surface area contributed by atoms with Gasteiger partial charge in [-0.15, -0.1) is 11.3 Å². The Hall–Kier alpha value is -17.2. The second-order valence-corrected chi connectivity index (χ2v) is 34.8. The smallest absolute Gasteiger partial charge is 0.433 e. The Labute approximate surface area is 815 Å². The minimum atomic E-state index is -4.48. The van der Waals surface area contributed by atoms with E-state index in [0.29, 0.717) is 115 Å². The number of amides is 5. The summed E-state index contributed by atoms with van der Waals surface area (Å²) in [6, 6.07) is 54.1. The van der Waals surface area contributed by atoms with Crippen LogP contribution in [0.15, 0.2) is 305 Å².